The quantitative estimate of drug-likeness (QED) is 0.405. The van der Waals surface area contributed by atoms with Gasteiger partial charge in [0.05, 0.1) is 22.9 Å². The third-order valence-corrected chi connectivity index (χ3v) is 6.73. The lowest BCUT2D eigenvalue weighted by atomic mass is 10.2. The molecule has 0 saturated carbocycles. The van der Waals surface area contributed by atoms with Gasteiger partial charge >= 0.3 is 0 Å². The summed E-state index contributed by atoms with van der Waals surface area (Å²) in [6.45, 7) is 4.36. The van der Waals surface area contributed by atoms with E-state index in [-0.39, 0.29) is 5.02 Å². The monoisotopic (exact) mass is 423 g/mol. The Kier molecular flexibility index (Phi) is 7.47. The number of rotatable bonds is 7. The lowest BCUT2D eigenvalue weighted by molar-refractivity contribution is 0.306. The summed E-state index contributed by atoms with van der Waals surface area (Å²) in [6, 6.07) is 9.33. The predicted molar refractivity (Wildman–Crippen MR) is 118 cm³/mol. The summed E-state index contributed by atoms with van der Waals surface area (Å²) in [5, 5.41) is 2.29. The maximum Gasteiger partial charge on any atom is 0.141 e. The van der Waals surface area contributed by atoms with Crippen LogP contribution in [0.5, 0.6) is 0 Å². The molecule has 0 spiro atoms. The Bertz CT molecular complexity index is 766. The van der Waals surface area contributed by atoms with Gasteiger partial charge in [-0.25, -0.2) is 4.39 Å². The highest BCUT2D eigenvalue weighted by atomic mass is 35.5. The van der Waals surface area contributed by atoms with Crippen molar-refractivity contribution in [3.8, 4) is 0 Å². The van der Waals surface area contributed by atoms with Gasteiger partial charge < -0.3 is 0 Å². The van der Waals surface area contributed by atoms with Crippen molar-refractivity contribution >= 4 is 47.1 Å². The largest absolute Gasteiger partial charge is 0.290 e. The van der Waals surface area contributed by atoms with E-state index in [0.717, 1.165) is 41.3 Å². The number of pyridine rings is 1. The van der Waals surface area contributed by atoms with Crippen LogP contribution in [0.2, 0.25) is 5.02 Å². The summed E-state index contributed by atoms with van der Waals surface area (Å²) in [4.78, 5) is 4.56. The smallest absolute Gasteiger partial charge is 0.141 e. The van der Waals surface area contributed by atoms with Gasteiger partial charge in [-0.15, -0.1) is 0 Å². The Balaban J connectivity index is 1.92. The molecular weight excluding hydrogens is 401 g/mol. The predicted octanol–water partition coefficient (Wildman–Crippen LogP) is 5.91. The number of hydrogen-bond acceptors (Lipinski definition) is 5. The fourth-order valence-corrected chi connectivity index (χ4v) is 5.19. The van der Waals surface area contributed by atoms with Gasteiger partial charge in [0.25, 0.3) is 0 Å². The van der Waals surface area contributed by atoms with Crippen LogP contribution in [0.3, 0.4) is 0 Å². The summed E-state index contributed by atoms with van der Waals surface area (Å²) in [7, 11) is 0. The number of nitrogens with zero attached hydrogens (tertiary/aromatic N) is 3. The summed E-state index contributed by atoms with van der Waals surface area (Å²) < 4.78 is 16.0. The van der Waals surface area contributed by atoms with Crippen LogP contribution < -0.4 is 5.01 Å². The first-order valence-electron chi connectivity index (χ1n) is 8.83. The van der Waals surface area contributed by atoms with Gasteiger partial charge in [-0.1, -0.05) is 42.3 Å². The maximum atomic E-state index is 13.7. The van der Waals surface area contributed by atoms with Gasteiger partial charge in [-0.3, -0.25) is 9.99 Å². The molecule has 1 aromatic carbocycles. The highest BCUT2D eigenvalue weighted by Crippen LogP contribution is 2.33. The van der Waals surface area contributed by atoms with Crippen LogP contribution in [0, 0.1) is 5.82 Å². The Morgan fingerprint density at radius 1 is 1.33 bits per heavy atom. The van der Waals surface area contributed by atoms with Crippen molar-refractivity contribution in [1.29, 1.82) is 0 Å². The van der Waals surface area contributed by atoms with Crippen LogP contribution >= 0.6 is 35.3 Å². The zero-order valence-electron chi connectivity index (χ0n) is 15.3. The van der Waals surface area contributed by atoms with Crippen molar-refractivity contribution < 1.29 is 4.39 Å². The van der Waals surface area contributed by atoms with Crippen LogP contribution in [-0.4, -0.2) is 33.2 Å². The number of hydrogen-bond donors (Lipinski definition) is 0. The molecule has 0 bridgehead atoms. The van der Waals surface area contributed by atoms with E-state index in [2.05, 4.69) is 27.2 Å². The SMILES string of the molecule is C=Cc1ccc(CN(c2ccc(F)c(Cl)c2)N(SC)C2CCSCC2)nc1. The standard InChI is InChI=1S/C20H23ClFN3S2/c1-3-15-4-5-16(23-13-15)14-24(18-6-7-20(22)19(21)12-18)25(26-2)17-8-10-27-11-9-17/h3-7,12-13,17H,1,8-11,14H2,2H3. The van der Waals surface area contributed by atoms with Crippen molar-refractivity contribution in [1.82, 2.24) is 9.40 Å². The minimum atomic E-state index is -0.404. The Morgan fingerprint density at radius 2 is 2.11 bits per heavy atom. The second-order valence-electron chi connectivity index (χ2n) is 6.27. The van der Waals surface area contributed by atoms with Crippen molar-refractivity contribution in [2.75, 3.05) is 22.8 Å². The summed E-state index contributed by atoms with van der Waals surface area (Å²) in [6.07, 6.45) is 7.93. The van der Waals surface area contributed by atoms with E-state index < -0.39 is 5.82 Å². The highest BCUT2D eigenvalue weighted by Gasteiger charge is 2.27. The number of halogens is 2. The molecule has 0 radical (unpaired) electrons. The molecule has 1 fully saturated rings. The summed E-state index contributed by atoms with van der Waals surface area (Å²) in [5.74, 6) is 1.91. The molecule has 0 N–H and O–H groups in total. The molecule has 0 amide bonds. The van der Waals surface area contributed by atoms with Crippen molar-refractivity contribution in [3.05, 3.63) is 65.2 Å². The molecule has 144 valence electrons. The zero-order valence-corrected chi connectivity index (χ0v) is 17.7. The molecule has 2 heterocycles. The minimum Gasteiger partial charge on any atom is -0.290 e. The molecule has 2 aromatic rings. The van der Waals surface area contributed by atoms with Gasteiger partial charge in [0, 0.05) is 12.2 Å². The Labute approximate surface area is 174 Å². The van der Waals surface area contributed by atoms with E-state index in [1.807, 2.05) is 30.1 Å². The average molecular weight is 424 g/mol. The molecule has 27 heavy (non-hydrogen) atoms. The normalized spacial score (nSPS) is 15.1. The molecule has 1 aromatic heterocycles. The van der Waals surface area contributed by atoms with Crippen LogP contribution in [0.4, 0.5) is 10.1 Å². The molecule has 1 aliphatic rings. The summed E-state index contributed by atoms with van der Waals surface area (Å²) >= 11 is 9.76. The first kappa shape index (κ1) is 20.5. The van der Waals surface area contributed by atoms with Gasteiger partial charge in [0.1, 0.15) is 5.82 Å². The zero-order chi connectivity index (χ0) is 19.2. The van der Waals surface area contributed by atoms with Crippen LogP contribution in [-0.2, 0) is 6.54 Å². The lowest BCUT2D eigenvalue weighted by Gasteiger charge is -2.41. The topological polar surface area (TPSA) is 19.4 Å². The fraction of sp³-hybridized carbons (Fsp3) is 0.350. The molecule has 0 unspecified atom stereocenters. The first-order valence-corrected chi connectivity index (χ1v) is 11.5. The van der Waals surface area contributed by atoms with Crippen LogP contribution in [0.15, 0.2) is 43.1 Å². The van der Waals surface area contributed by atoms with E-state index in [0.29, 0.717) is 12.6 Å². The molecule has 1 saturated heterocycles. The van der Waals surface area contributed by atoms with E-state index in [4.69, 9.17) is 11.6 Å². The number of benzene rings is 1. The number of thioether (sulfide) groups is 1. The number of anilines is 1. The van der Waals surface area contributed by atoms with E-state index in [9.17, 15) is 4.39 Å². The van der Waals surface area contributed by atoms with Crippen molar-refractivity contribution in [2.45, 2.75) is 25.4 Å². The maximum absolute atomic E-state index is 13.7. The second kappa shape index (κ2) is 9.82. The first-order chi connectivity index (χ1) is 13.1. The molecular formula is C20H23ClFN3S2. The minimum absolute atomic E-state index is 0.132. The highest BCUT2D eigenvalue weighted by molar-refractivity contribution is 7.99. The van der Waals surface area contributed by atoms with E-state index in [1.165, 1.54) is 6.07 Å². The van der Waals surface area contributed by atoms with E-state index in [1.54, 1.807) is 30.2 Å². The molecule has 0 atom stereocenters. The fourth-order valence-electron chi connectivity index (χ4n) is 3.07. The van der Waals surface area contributed by atoms with Gasteiger partial charge in [-0.05, 0) is 60.4 Å². The van der Waals surface area contributed by atoms with Crippen LogP contribution in [0.1, 0.15) is 24.1 Å². The summed E-state index contributed by atoms with van der Waals surface area (Å²) in [5.41, 5.74) is 2.79. The third kappa shape index (κ3) is 5.19. The molecule has 3 nitrogen and oxygen atoms in total. The Morgan fingerprint density at radius 3 is 2.70 bits per heavy atom. The average Bonchev–Trinajstić information content (AvgIpc) is 2.71. The molecule has 7 heteroatoms. The Hall–Kier alpha value is -1.21. The van der Waals surface area contributed by atoms with Crippen LogP contribution in [0.25, 0.3) is 6.08 Å². The second-order valence-corrected chi connectivity index (χ2v) is 8.64. The number of aromatic nitrogens is 1. The number of hydrazine groups is 1. The van der Waals surface area contributed by atoms with Gasteiger partial charge in [0.15, 0.2) is 0 Å². The molecule has 0 aliphatic carbocycles. The lowest BCUT2D eigenvalue weighted by Crippen LogP contribution is -2.45. The molecule has 1 aliphatic heterocycles. The van der Waals surface area contributed by atoms with Crippen molar-refractivity contribution in [3.63, 3.8) is 0 Å². The van der Waals surface area contributed by atoms with Gasteiger partial charge in [-0.2, -0.15) is 16.2 Å². The third-order valence-electron chi connectivity index (χ3n) is 4.52. The van der Waals surface area contributed by atoms with E-state index >= 15 is 0 Å². The van der Waals surface area contributed by atoms with Gasteiger partial charge in [0.2, 0.25) is 0 Å². The van der Waals surface area contributed by atoms with Crippen molar-refractivity contribution in [2.24, 2.45) is 0 Å². The molecule has 3 rings (SSSR count).